The molecule has 0 fully saturated rings. The lowest BCUT2D eigenvalue weighted by Gasteiger charge is -2.17. The zero-order valence-corrected chi connectivity index (χ0v) is 9.18. The maximum Gasteiger partial charge on any atom is 0.234 e. The lowest BCUT2D eigenvalue weighted by molar-refractivity contribution is 0.0815. The molecule has 1 aliphatic carbocycles. The summed E-state index contributed by atoms with van der Waals surface area (Å²) in [5, 5.41) is 18.8. The normalized spacial score (nSPS) is 13.1. The number of benzene rings is 2. The van der Waals surface area contributed by atoms with Crippen LogP contribution in [0.4, 0.5) is 0 Å². The van der Waals surface area contributed by atoms with E-state index in [1.54, 1.807) is 12.1 Å². The van der Waals surface area contributed by atoms with Gasteiger partial charge < -0.3 is 10.2 Å². The van der Waals surface area contributed by atoms with Gasteiger partial charge in [0.05, 0.1) is 0 Å². The number of Topliss-reactive ketones (excluding diaryl/α,β-unsaturated/α-hetero) is 2. The van der Waals surface area contributed by atoms with Gasteiger partial charge in [-0.3, -0.25) is 9.59 Å². The van der Waals surface area contributed by atoms with Crippen molar-refractivity contribution in [1.29, 1.82) is 0 Å². The molecule has 0 amide bonds. The van der Waals surface area contributed by atoms with E-state index in [0.717, 1.165) is 0 Å². The van der Waals surface area contributed by atoms with Crippen molar-refractivity contribution >= 4 is 11.6 Å². The highest BCUT2D eigenvalue weighted by molar-refractivity contribution is 6.53. The molecule has 0 bridgehead atoms. The number of phenolic OH excluding ortho intramolecular Hbond substituents is 2. The molecule has 4 heteroatoms. The molecule has 2 aromatic carbocycles. The highest BCUT2D eigenvalue weighted by Gasteiger charge is 2.30. The maximum absolute atomic E-state index is 11.9. The Morgan fingerprint density at radius 3 is 1.39 bits per heavy atom. The summed E-state index contributed by atoms with van der Waals surface area (Å²) in [6.45, 7) is 0. The van der Waals surface area contributed by atoms with E-state index in [-0.39, 0.29) is 22.6 Å². The number of hydrogen-bond donors (Lipinski definition) is 2. The van der Waals surface area contributed by atoms with E-state index in [4.69, 9.17) is 0 Å². The molecule has 0 unspecified atom stereocenters. The highest BCUT2D eigenvalue weighted by Crippen LogP contribution is 2.36. The first-order valence-electron chi connectivity index (χ1n) is 5.33. The van der Waals surface area contributed by atoms with Crippen LogP contribution in [-0.2, 0) is 0 Å². The summed E-state index contributed by atoms with van der Waals surface area (Å²) in [5.74, 6) is -1.45. The van der Waals surface area contributed by atoms with Gasteiger partial charge in [0.25, 0.3) is 0 Å². The second-order valence-corrected chi connectivity index (χ2v) is 4.12. The number of phenols is 2. The Hall–Kier alpha value is -2.62. The average molecular weight is 240 g/mol. The molecule has 0 aromatic heterocycles. The second-order valence-electron chi connectivity index (χ2n) is 4.12. The van der Waals surface area contributed by atoms with Crippen molar-refractivity contribution in [2.75, 3.05) is 0 Å². The number of ketones is 2. The van der Waals surface area contributed by atoms with Crippen molar-refractivity contribution in [3.05, 3.63) is 47.5 Å². The van der Waals surface area contributed by atoms with Crippen molar-refractivity contribution in [3.8, 4) is 22.6 Å². The summed E-state index contributed by atoms with van der Waals surface area (Å²) in [5.41, 5.74) is 1.57. The van der Waals surface area contributed by atoms with Gasteiger partial charge in [0.2, 0.25) is 11.6 Å². The molecular formula is C14H8O4. The van der Waals surface area contributed by atoms with Crippen molar-refractivity contribution in [3.63, 3.8) is 0 Å². The second kappa shape index (κ2) is 3.43. The molecule has 0 saturated heterocycles. The molecule has 0 atom stereocenters. The monoisotopic (exact) mass is 240 g/mol. The van der Waals surface area contributed by atoms with Crippen LogP contribution in [0.25, 0.3) is 11.1 Å². The van der Waals surface area contributed by atoms with Crippen LogP contribution in [0.3, 0.4) is 0 Å². The van der Waals surface area contributed by atoms with E-state index in [9.17, 15) is 19.8 Å². The van der Waals surface area contributed by atoms with Crippen LogP contribution in [0.2, 0.25) is 0 Å². The molecule has 1 aliphatic rings. The molecule has 0 radical (unpaired) electrons. The van der Waals surface area contributed by atoms with Gasteiger partial charge in [-0.2, -0.15) is 0 Å². The zero-order valence-electron chi connectivity index (χ0n) is 9.18. The molecule has 0 aliphatic heterocycles. The first kappa shape index (κ1) is 10.5. The fourth-order valence-corrected chi connectivity index (χ4v) is 2.15. The van der Waals surface area contributed by atoms with E-state index >= 15 is 0 Å². The van der Waals surface area contributed by atoms with E-state index < -0.39 is 11.6 Å². The third-order valence-electron chi connectivity index (χ3n) is 2.99. The predicted octanol–water partition coefficient (Wildman–Crippen LogP) is 2.14. The molecule has 3 rings (SSSR count). The molecule has 2 aromatic rings. The molecule has 0 saturated carbocycles. The molecule has 2 N–H and O–H groups in total. The summed E-state index contributed by atoms with van der Waals surface area (Å²) < 4.78 is 0. The van der Waals surface area contributed by atoms with Crippen LogP contribution in [0, 0.1) is 0 Å². The molecule has 0 spiro atoms. The zero-order chi connectivity index (χ0) is 12.9. The number of fused-ring (bicyclic) bond motifs is 3. The Morgan fingerprint density at radius 2 is 1.00 bits per heavy atom. The fraction of sp³-hybridized carbons (Fsp3) is 0. The Labute approximate surface area is 102 Å². The molecule has 0 heterocycles. The van der Waals surface area contributed by atoms with Crippen molar-refractivity contribution in [1.82, 2.24) is 0 Å². The molecule has 88 valence electrons. The van der Waals surface area contributed by atoms with Gasteiger partial charge in [-0.15, -0.1) is 0 Å². The van der Waals surface area contributed by atoms with Gasteiger partial charge in [-0.1, -0.05) is 0 Å². The van der Waals surface area contributed by atoms with Crippen LogP contribution >= 0.6 is 0 Å². The van der Waals surface area contributed by atoms with E-state index in [0.29, 0.717) is 11.1 Å². The molecular weight excluding hydrogens is 232 g/mol. The molecule has 18 heavy (non-hydrogen) atoms. The lowest BCUT2D eigenvalue weighted by atomic mass is 9.84. The first-order chi connectivity index (χ1) is 8.58. The van der Waals surface area contributed by atoms with Crippen LogP contribution in [-0.4, -0.2) is 21.8 Å². The van der Waals surface area contributed by atoms with Gasteiger partial charge >= 0.3 is 0 Å². The third kappa shape index (κ3) is 1.32. The minimum atomic E-state index is -0.668. The summed E-state index contributed by atoms with van der Waals surface area (Å²) in [6, 6.07) is 8.66. The number of carbonyl (C=O) groups excluding carboxylic acids is 2. The van der Waals surface area contributed by atoms with Gasteiger partial charge in [-0.25, -0.2) is 0 Å². The first-order valence-corrected chi connectivity index (χ1v) is 5.33. The summed E-state index contributed by atoms with van der Waals surface area (Å²) >= 11 is 0. The van der Waals surface area contributed by atoms with Crippen molar-refractivity contribution in [2.45, 2.75) is 0 Å². The SMILES string of the molecule is O=C1C(=O)c2cc(O)ccc2-c2ccc(O)cc21. The minimum Gasteiger partial charge on any atom is -0.508 e. The van der Waals surface area contributed by atoms with Crippen LogP contribution in [0.1, 0.15) is 20.7 Å². The third-order valence-corrected chi connectivity index (χ3v) is 2.99. The predicted molar refractivity (Wildman–Crippen MR) is 63.9 cm³/mol. The van der Waals surface area contributed by atoms with Gasteiger partial charge in [-0.05, 0) is 47.5 Å². The van der Waals surface area contributed by atoms with E-state index in [1.807, 2.05) is 0 Å². The fourth-order valence-electron chi connectivity index (χ4n) is 2.15. The summed E-state index contributed by atoms with van der Waals surface area (Å²) in [7, 11) is 0. The van der Waals surface area contributed by atoms with E-state index in [2.05, 4.69) is 0 Å². The summed E-state index contributed by atoms with van der Waals surface area (Å²) in [6.07, 6.45) is 0. The Balaban J connectivity index is 2.38. The largest absolute Gasteiger partial charge is 0.508 e. The topological polar surface area (TPSA) is 74.6 Å². The molecule has 4 nitrogen and oxygen atoms in total. The Morgan fingerprint density at radius 1 is 0.611 bits per heavy atom. The van der Waals surface area contributed by atoms with Gasteiger partial charge in [0.15, 0.2) is 0 Å². The highest BCUT2D eigenvalue weighted by atomic mass is 16.3. The number of rotatable bonds is 0. The van der Waals surface area contributed by atoms with Crippen molar-refractivity contribution in [2.24, 2.45) is 0 Å². The Kier molecular flexibility index (Phi) is 2.01. The van der Waals surface area contributed by atoms with Crippen LogP contribution < -0.4 is 0 Å². The average Bonchev–Trinajstić information content (AvgIpc) is 2.36. The minimum absolute atomic E-state index is 0.0582. The smallest absolute Gasteiger partial charge is 0.234 e. The van der Waals surface area contributed by atoms with Gasteiger partial charge in [0, 0.05) is 11.1 Å². The van der Waals surface area contributed by atoms with Gasteiger partial charge in [0.1, 0.15) is 11.5 Å². The summed E-state index contributed by atoms with van der Waals surface area (Å²) in [4.78, 5) is 23.8. The van der Waals surface area contributed by atoms with Crippen LogP contribution in [0.5, 0.6) is 11.5 Å². The van der Waals surface area contributed by atoms with Crippen LogP contribution in [0.15, 0.2) is 36.4 Å². The van der Waals surface area contributed by atoms with Crippen molar-refractivity contribution < 1.29 is 19.8 Å². The lowest BCUT2D eigenvalue weighted by Crippen LogP contribution is -2.20. The van der Waals surface area contributed by atoms with E-state index in [1.165, 1.54) is 24.3 Å². The number of hydrogen-bond acceptors (Lipinski definition) is 4. The number of aromatic hydroxyl groups is 2. The quantitative estimate of drug-likeness (QED) is 0.692. The number of carbonyl (C=O) groups is 2. The Bertz CT molecular complexity index is 639. The standard InChI is InChI=1S/C14H8O4/c15-7-1-3-9-10-4-2-8(16)6-12(10)14(18)13(17)11(9)5-7/h1-6,15-16H. The maximum atomic E-state index is 11.9.